The number of nitrogens with two attached hydrogens (primary N) is 1. The number of nitrogens with zero attached hydrogens (tertiary/aromatic N) is 2. The van der Waals surface area contributed by atoms with Crippen LogP contribution in [-0.2, 0) is 9.59 Å². The van der Waals surface area contributed by atoms with Crippen LogP contribution in [0.1, 0.15) is 12.6 Å². The van der Waals surface area contributed by atoms with E-state index in [4.69, 9.17) is 5.73 Å². The first-order valence-corrected chi connectivity index (χ1v) is 6.33. The van der Waals surface area contributed by atoms with E-state index in [-0.39, 0.29) is 12.5 Å². The number of likely N-dealkylation sites (N-methyl/N-ethyl adjacent to an activating group) is 1. The minimum Gasteiger partial charge on any atom is -0.351 e. The lowest BCUT2D eigenvalue weighted by atomic mass is 10.2. The van der Waals surface area contributed by atoms with Gasteiger partial charge in [0.2, 0.25) is 11.8 Å². The van der Waals surface area contributed by atoms with E-state index in [0.29, 0.717) is 5.82 Å². The molecule has 0 fully saturated rings. The number of carbonyl (C=O) groups excluding carboxylic acids is 3. The maximum absolute atomic E-state index is 11.9. The van der Waals surface area contributed by atoms with Crippen LogP contribution in [0.4, 0.5) is 10.6 Å². The van der Waals surface area contributed by atoms with Crippen molar-refractivity contribution in [3.8, 4) is 0 Å². The standard InChI is InChI=1S/C13H19N5O3/c1-8-5-4-6-10(15-8)16-11(19)7-18(3)9(2)12(20)17-13(14)21/h4-6,9H,7H2,1-3H3,(H,15,16,19)(H3,14,17,20,21). The van der Waals surface area contributed by atoms with E-state index in [1.165, 1.54) is 4.90 Å². The maximum Gasteiger partial charge on any atom is 0.318 e. The molecule has 1 heterocycles. The molecule has 0 aliphatic carbocycles. The molecule has 0 saturated heterocycles. The molecular weight excluding hydrogens is 274 g/mol. The highest BCUT2D eigenvalue weighted by Gasteiger charge is 2.21. The van der Waals surface area contributed by atoms with Crippen LogP contribution >= 0.6 is 0 Å². The number of rotatable bonds is 5. The smallest absolute Gasteiger partial charge is 0.318 e. The fraction of sp³-hybridized carbons (Fsp3) is 0.385. The number of amides is 4. The molecule has 0 aromatic carbocycles. The summed E-state index contributed by atoms with van der Waals surface area (Å²) in [4.78, 5) is 39.7. The van der Waals surface area contributed by atoms with E-state index in [2.05, 4.69) is 10.3 Å². The van der Waals surface area contributed by atoms with E-state index in [9.17, 15) is 14.4 Å². The van der Waals surface area contributed by atoms with E-state index in [0.717, 1.165) is 5.69 Å². The van der Waals surface area contributed by atoms with Crippen LogP contribution in [0.5, 0.6) is 0 Å². The van der Waals surface area contributed by atoms with E-state index < -0.39 is 18.0 Å². The summed E-state index contributed by atoms with van der Waals surface area (Å²) in [5.41, 5.74) is 5.66. The highest BCUT2D eigenvalue weighted by molar-refractivity contribution is 5.97. The van der Waals surface area contributed by atoms with Gasteiger partial charge in [0.15, 0.2) is 0 Å². The molecule has 0 radical (unpaired) electrons. The molecular formula is C13H19N5O3. The predicted molar refractivity (Wildman–Crippen MR) is 77.4 cm³/mol. The summed E-state index contributed by atoms with van der Waals surface area (Å²) < 4.78 is 0. The summed E-state index contributed by atoms with van der Waals surface area (Å²) >= 11 is 0. The number of urea groups is 1. The van der Waals surface area contributed by atoms with Gasteiger partial charge in [0, 0.05) is 5.69 Å². The van der Waals surface area contributed by atoms with E-state index >= 15 is 0 Å². The lowest BCUT2D eigenvalue weighted by Crippen LogP contribution is -2.48. The molecule has 0 bridgehead atoms. The van der Waals surface area contributed by atoms with Crippen LogP contribution in [0.2, 0.25) is 0 Å². The fourth-order valence-electron chi connectivity index (χ4n) is 1.58. The van der Waals surface area contributed by atoms with Gasteiger partial charge in [-0.3, -0.25) is 19.8 Å². The van der Waals surface area contributed by atoms with Crippen LogP contribution in [0, 0.1) is 6.92 Å². The molecule has 0 aliphatic rings. The summed E-state index contributed by atoms with van der Waals surface area (Å²) in [5, 5.41) is 4.60. The number of pyridine rings is 1. The minimum absolute atomic E-state index is 0.0248. The quantitative estimate of drug-likeness (QED) is 0.697. The van der Waals surface area contributed by atoms with Gasteiger partial charge in [0.05, 0.1) is 12.6 Å². The van der Waals surface area contributed by atoms with Crippen molar-refractivity contribution >= 4 is 23.7 Å². The average molecular weight is 293 g/mol. The molecule has 8 heteroatoms. The van der Waals surface area contributed by atoms with Crippen molar-refractivity contribution in [1.29, 1.82) is 0 Å². The molecule has 0 aliphatic heterocycles. The molecule has 1 aromatic heterocycles. The van der Waals surface area contributed by atoms with Crippen molar-refractivity contribution in [2.24, 2.45) is 5.73 Å². The van der Waals surface area contributed by atoms with E-state index in [1.54, 1.807) is 26.1 Å². The van der Waals surface area contributed by atoms with Crippen molar-refractivity contribution in [3.05, 3.63) is 23.9 Å². The van der Waals surface area contributed by atoms with Crippen molar-refractivity contribution in [1.82, 2.24) is 15.2 Å². The number of hydrogen-bond donors (Lipinski definition) is 3. The molecule has 1 atom stereocenters. The highest BCUT2D eigenvalue weighted by Crippen LogP contribution is 2.04. The molecule has 0 saturated carbocycles. The first-order valence-electron chi connectivity index (χ1n) is 6.33. The molecule has 114 valence electrons. The molecule has 1 rings (SSSR count). The summed E-state index contributed by atoms with van der Waals surface area (Å²) in [6.45, 7) is 3.36. The van der Waals surface area contributed by atoms with Gasteiger partial charge in [-0.2, -0.15) is 0 Å². The summed E-state index contributed by atoms with van der Waals surface area (Å²) in [6, 6.07) is 3.68. The first-order chi connectivity index (χ1) is 9.79. The Kier molecular flexibility index (Phi) is 5.79. The molecule has 8 nitrogen and oxygen atoms in total. The molecule has 0 spiro atoms. The number of anilines is 1. The number of imide groups is 1. The zero-order valence-electron chi connectivity index (χ0n) is 12.2. The third-order valence-corrected chi connectivity index (χ3v) is 2.84. The van der Waals surface area contributed by atoms with Gasteiger partial charge >= 0.3 is 6.03 Å². The molecule has 4 N–H and O–H groups in total. The Morgan fingerprint density at radius 2 is 2.05 bits per heavy atom. The van der Waals surface area contributed by atoms with Crippen LogP contribution in [-0.4, -0.2) is 47.4 Å². The Morgan fingerprint density at radius 3 is 2.62 bits per heavy atom. The Bertz CT molecular complexity index is 546. The zero-order valence-corrected chi connectivity index (χ0v) is 12.2. The van der Waals surface area contributed by atoms with Gasteiger partial charge in [0.25, 0.3) is 0 Å². The molecule has 21 heavy (non-hydrogen) atoms. The fourth-order valence-corrected chi connectivity index (χ4v) is 1.58. The van der Waals surface area contributed by atoms with Gasteiger partial charge in [-0.25, -0.2) is 9.78 Å². The van der Waals surface area contributed by atoms with Gasteiger partial charge in [-0.05, 0) is 33.0 Å². The monoisotopic (exact) mass is 293 g/mol. The number of primary amides is 1. The van der Waals surface area contributed by atoms with Crippen LogP contribution in [0.25, 0.3) is 0 Å². The second-order valence-corrected chi connectivity index (χ2v) is 4.66. The SMILES string of the molecule is Cc1cccc(NC(=O)CN(C)C(C)C(=O)NC(N)=O)n1. The van der Waals surface area contributed by atoms with Crippen molar-refractivity contribution in [3.63, 3.8) is 0 Å². The third-order valence-electron chi connectivity index (χ3n) is 2.84. The summed E-state index contributed by atoms with van der Waals surface area (Å²) in [7, 11) is 1.59. The van der Waals surface area contributed by atoms with Gasteiger partial charge in [0.1, 0.15) is 5.82 Å². The van der Waals surface area contributed by atoms with Crippen LogP contribution < -0.4 is 16.4 Å². The van der Waals surface area contributed by atoms with Crippen molar-refractivity contribution in [2.45, 2.75) is 19.9 Å². The third kappa shape index (κ3) is 5.57. The van der Waals surface area contributed by atoms with Gasteiger partial charge < -0.3 is 11.1 Å². The summed E-state index contributed by atoms with van der Waals surface area (Å²) in [5.74, 6) is -0.427. The second kappa shape index (κ2) is 7.34. The highest BCUT2D eigenvalue weighted by atomic mass is 16.2. The maximum atomic E-state index is 11.9. The van der Waals surface area contributed by atoms with Crippen LogP contribution in [0.3, 0.4) is 0 Å². The number of carbonyl (C=O) groups is 3. The zero-order chi connectivity index (χ0) is 16.0. The molecule has 4 amide bonds. The van der Waals surface area contributed by atoms with Crippen molar-refractivity contribution in [2.75, 3.05) is 18.9 Å². The van der Waals surface area contributed by atoms with E-state index in [1.807, 2.05) is 18.3 Å². The number of aromatic nitrogens is 1. The van der Waals surface area contributed by atoms with Crippen molar-refractivity contribution < 1.29 is 14.4 Å². The van der Waals surface area contributed by atoms with Crippen LogP contribution in [0.15, 0.2) is 18.2 Å². The number of hydrogen-bond acceptors (Lipinski definition) is 5. The summed E-state index contributed by atoms with van der Waals surface area (Å²) in [6.07, 6.45) is 0. The lowest BCUT2D eigenvalue weighted by Gasteiger charge is -2.22. The first kappa shape index (κ1) is 16.6. The normalized spacial score (nSPS) is 11.8. The van der Waals surface area contributed by atoms with Gasteiger partial charge in [-0.1, -0.05) is 6.07 Å². The Labute approximate surface area is 122 Å². The Hall–Kier alpha value is -2.48. The second-order valence-electron chi connectivity index (χ2n) is 4.66. The molecule has 1 unspecified atom stereocenters. The van der Waals surface area contributed by atoms with Gasteiger partial charge in [-0.15, -0.1) is 0 Å². The number of nitrogens with one attached hydrogen (secondary N) is 2. The largest absolute Gasteiger partial charge is 0.351 e. The predicted octanol–water partition coefficient (Wildman–Crippen LogP) is -0.156. The molecule has 1 aromatic rings. The Balaban J connectivity index is 2.53. The Morgan fingerprint density at radius 1 is 1.38 bits per heavy atom. The lowest BCUT2D eigenvalue weighted by molar-refractivity contribution is -0.125. The average Bonchev–Trinajstić information content (AvgIpc) is 2.36. The minimum atomic E-state index is -0.923. The number of aryl methyl sites for hydroxylation is 1. The topological polar surface area (TPSA) is 117 Å².